The number of likely N-dealkylation sites (tertiary alicyclic amines) is 2. The highest BCUT2D eigenvalue weighted by Crippen LogP contribution is 2.27. The van der Waals surface area contributed by atoms with Gasteiger partial charge in [-0.15, -0.1) is 0 Å². The third-order valence-electron chi connectivity index (χ3n) is 15.6. The van der Waals surface area contributed by atoms with Gasteiger partial charge in [-0.1, -0.05) is 60.7 Å². The van der Waals surface area contributed by atoms with Crippen molar-refractivity contribution < 1.29 is 63.3 Å². The van der Waals surface area contributed by atoms with E-state index in [9.17, 15) is 53.7 Å². The van der Waals surface area contributed by atoms with Crippen molar-refractivity contribution in [1.82, 2.24) is 56.7 Å². The van der Waals surface area contributed by atoms with Crippen LogP contribution in [0.3, 0.4) is 0 Å². The molecule has 0 spiro atoms. The summed E-state index contributed by atoms with van der Waals surface area (Å²) in [6, 6.07) is 9.53. The van der Waals surface area contributed by atoms with E-state index in [1.165, 1.54) is 53.5 Å². The molecule has 7 rings (SSSR count). The van der Waals surface area contributed by atoms with Gasteiger partial charge in [0.25, 0.3) is 0 Å². The number of aromatic hydroxyl groups is 1. The summed E-state index contributed by atoms with van der Waals surface area (Å²) >= 11 is 0. The lowest BCUT2D eigenvalue weighted by molar-refractivity contribution is -0.148. The first-order valence-corrected chi connectivity index (χ1v) is 29.3. The second-order valence-corrected chi connectivity index (χ2v) is 22.2. The highest BCUT2D eigenvalue weighted by Gasteiger charge is 2.45. The lowest BCUT2D eigenvalue weighted by Crippen LogP contribution is -2.61. The van der Waals surface area contributed by atoms with Crippen LogP contribution in [0, 0.1) is 0 Å². The molecule has 2 aliphatic heterocycles. The maximum atomic E-state index is 15.2. The zero-order chi connectivity index (χ0) is 64.3. The Morgan fingerprint density at radius 1 is 0.663 bits per heavy atom. The SMILES string of the molecule is C[C@@H](O)[C@H](NC(=O)[C@H](Cc1ccc(O)cc1)NC(=O)[C@@H]1CCCN1C(=O)[C@@H]1CCCN1C(=O)[C@H](CCCN=C(N)N)NC(=O)[C@H](Cc1c[nH]c2ccccc12)NC(=O)[C@H](Cc1ccccc1)NC(=O)[C@H](Cc1cnc[nH]1)NC(=O)[C@@H](N)CCC(N)=O)C(=O)O. The second kappa shape index (κ2) is 31.7. The van der Waals surface area contributed by atoms with E-state index in [2.05, 4.69) is 51.8 Å². The van der Waals surface area contributed by atoms with Crippen LogP contribution in [-0.2, 0) is 73.6 Å². The molecule has 3 aromatic carbocycles. The number of carboxylic acid groups (broad SMARTS) is 1. The van der Waals surface area contributed by atoms with Gasteiger partial charge in [-0.2, -0.15) is 0 Å². The zero-order valence-electron chi connectivity index (χ0n) is 49.1. The molecule has 0 saturated carbocycles. The predicted molar refractivity (Wildman–Crippen MR) is 323 cm³/mol. The van der Waals surface area contributed by atoms with Crippen molar-refractivity contribution in [2.45, 2.75) is 144 Å². The summed E-state index contributed by atoms with van der Waals surface area (Å²) in [7, 11) is 0. The second-order valence-electron chi connectivity index (χ2n) is 22.2. The molecule has 2 aliphatic rings. The number of rotatable bonds is 31. The van der Waals surface area contributed by atoms with Crippen molar-refractivity contribution in [3.05, 3.63) is 120 Å². The standard InChI is InChI=1S/C60H78N16O13/c1-33(77)50(59(88)89)74-55(84)44(27-35-17-19-38(78)20-18-35)73-56(85)47-15-8-24-75(47)58(87)48-16-9-25-76(48)57(86)42(14-7-23-66-60(63)64)69-53(82)45(28-36-30-67-41-13-6-5-12-39(36)41)72-52(81)43(26-34-10-3-2-4-11-34)71-54(83)46(29-37-31-65-32-68-37)70-51(80)40(61)21-22-49(62)79/h2-6,10-13,17-20,30-33,40,42-48,50,67,77-78H,7-9,14-16,21-29,61H2,1H3,(H2,62,79)(H,65,68)(H,69,82)(H,70,80)(H,71,83)(H,72,81)(H,73,85)(H,74,84)(H,88,89)(H4,63,64,66)/t33-,40+,42+,43+,44+,45+,46+,47+,48+,50+/m1/s1. The van der Waals surface area contributed by atoms with Crippen molar-refractivity contribution in [3.63, 3.8) is 0 Å². The van der Waals surface area contributed by atoms with Crippen LogP contribution in [0.4, 0.5) is 0 Å². The highest BCUT2D eigenvalue weighted by atomic mass is 16.4. The van der Waals surface area contributed by atoms with E-state index in [1.54, 1.807) is 42.6 Å². The summed E-state index contributed by atoms with van der Waals surface area (Å²) in [5, 5.41) is 46.5. The first-order valence-electron chi connectivity index (χ1n) is 29.3. The number of hydrogen-bond acceptors (Lipinski definition) is 15. The smallest absolute Gasteiger partial charge is 0.328 e. The minimum absolute atomic E-state index is 0.0359. The molecule has 89 heavy (non-hydrogen) atoms. The fourth-order valence-electron chi connectivity index (χ4n) is 10.9. The lowest BCUT2D eigenvalue weighted by atomic mass is 10.0. The summed E-state index contributed by atoms with van der Waals surface area (Å²) in [6.45, 7) is 1.38. The Bertz CT molecular complexity index is 3320. The normalized spacial score (nSPS) is 17.3. The number of benzene rings is 3. The Labute approximate surface area is 511 Å². The van der Waals surface area contributed by atoms with Crippen LogP contribution in [0.1, 0.15) is 80.7 Å². The van der Waals surface area contributed by atoms with E-state index >= 15 is 9.59 Å². The van der Waals surface area contributed by atoms with Gasteiger partial charge in [0.05, 0.1) is 18.5 Å². The molecule has 19 N–H and O–H groups in total. The molecule has 2 fully saturated rings. The fraction of sp³-hybridized carbons (Fsp3) is 0.433. The predicted octanol–water partition coefficient (Wildman–Crippen LogP) is -2.13. The number of carboxylic acids is 1. The molecule has 0 bridgehead atoms. The van der Waals surface area contributed by atoms with E-state index in [-0.39, 0.29) is 95.6 Å². The number of carbonyl (C=O) groups is 10. The fourth-order valence-corrected chi connectivity index (χ4v) is 10.9. The minimum Gasteiger partial charge on any atom is -0.508 e. The number of aliphatic hydroxyl groups excluding tert-OH is 1. The molecular formula is C60H78N16O13. The highest BCUT2D eigenvalue weighted by molar-refractivity contribution is 5.99. The molecule has 2 aromatic heterocycles. The molecule has 4 heterocycles. The number of primary amides is 1. The number of para-hydroxylation sites is 1. The number of aliphatic hydroxyl groups is 1. The molecule has 29 heteroatoms. The Kier molecular flexibility index (Phi) is 23.7. The number of fused-ring (bicyclic) bond motifs is 1. The Morgan fingerprint density at radius 3 is 1.87 bits per heavy atom. The number of hydrogen-bond donors (Lipinski definition) is 15. The van der Waals surface area contributed by atoms with Gasteiger partial charge in [0, 0.05) is 80.7 Å². The molecule has 2 saturated heterocycles. The average Bonchev–Trinajstić information content (AvgIpc) is 2.63. The van der Waals surface area contributed by atoms with Gasteiger partial charge in [0.15, 0.2) is 12.0 Å². The number of H-pyrrole nitrogens is 2. The molecule has 0 radical (unpaired) electrons. The summed E-state index contributed by atoms with van der Waals surface area (Å²) in [5.41, 5.74) is 25.5. The minimum atomic E-state index is -1.73. The summed E-state index contributed by atoms with van der Waals surface area (Å²) in [6.07, 6.45) is 3.27. The number of amides is 9. The Morgan fingerprint density at radius 2 is 1.24 bits per heavy atom. The van der Waals surface area contributed by atoms with Crippen molar-refractivity contribution in [2.24, 2.45) is 27.9 Å². The number of phenols is 1. The number of aromatic nitrogens is 3. The molecule has 476 valence electrons. The number of imidazole rings is 1. The van der Waals surface area contributed by atoms with Crippen LogP contribution >= 0.6 is 0 Å². The first-order chi connectivity index (χ1) is 42.6. The molecule has 10 atom stereocenters. The lowest BCUT2D eigenvalue weighted by Gasteiger charge is -2.34. The number of aliphatic carboxylic acids is 1. The van der Waals surface area contributed by atoms with Crippen LogP contribution in [0.25, 0.3) is 10.9 Å². The summed E-state index contributed by atoms with van der Waals surface area (Å²) < 4.78 is 0. The van der Waals surface area contributed by atoms with Crippen molar-refractivity contribution in [3.8, 4) is 5.75 Å². The largest absolute Gasteiger partial charge is 0.508 e. The van der Waals surface area contributed by atoms with Gasteiger partial charge in [-0.05, 0) is 86.8 Å². The topological polar surface area (TPSA) is 471 Å². The number of nitrogens with two attached hydrogens (primary N) is 4. The third kappa shape index (κ3) is 18.8. The van der Waals surface area contributed by atoms with Gasteiger partial charge in [-0.3, -0.25) is 48.1 Å². The average molecular weight is 1230 g/mol. The van der Waals surface area contributed by atoms with Crippen molar-refractivity contribution >= 4 is 76.0 Å². The van der Waals surface area contributed by atoms with Crippen molar-refractivity contribution in [2.75, 3.05) is 19.6 Å². The number of nitrogens with one attached hydrogen (secondary N) is 8. The quantitative estimate of drug-likeness (QED) is 0.0128. The molecule has 0 unspecified atom stereocenters. The maximum absolute atomic E-state index is 15.2. The van der Waals surface area contributed by atoms with Crippen molar-refractivity contribution in [1.29, 1.82) is 0 Å². The van der Waals surface area contributed by atoms with E-state index in [0.717, 1.165) is 10.9 Å². The van der Waals surface area contributed by atoms with Crippen LogP contribution in [0.5, 0.6) is 5.75 Å². The number of nitrogens with zero attached hydrogens (tertiary/aromatic N) is 4. The van der Waals surface area contributed by atoms with Gasteiger partial charge in [0.2, 0.25) is 53.2 Å². The number of aliphatic imine (C=N–C) groups is 1. The Balaban J connectivity index is 1.14. The first kappa shape index (κ1) is 66.6. The molecular weight excluding hydrogens is 1150 g/mol. The molecule has 5 aromatic rings. The van der Waals surface area contributed by atoms with Gasteiger partial charge >= 0.3 is 5.97 Å². The van der Waals surface area contributed by atoms with Gasteiger partial charge in [0.1, 0.15) is 48.0 Å². The Hall–Kier alpha value is -9.90. The van der Waals surface area contributed by atoms with Gasteiger partial charge in [-0.25, -0.2) is 9.78 Å². The summed E-state index contributed by atoms with van der Waals surface area (Å²) in [4.78, 5) is 156. The number of phenolic OH excluding ortho intramolecular Hbond substituents is 1. The van der Waals surface area contributed by atoms with Gasteiger partial charge < -0.3 is 89.9 Å². The molecule has 0 aliphatic carbocycles. The number of carbonyl (C=O) groups excluding carboxylic acids is 9. The third-order valence-corrected chi connectivity index (χ3v) is 15.6. The van der Waals surface area contributed by atoms with Crippen LogP contribution < -0.4 is 54.8 Å². The number of aromatic amines is 2. The van der Waals surface area contributed by atoms with E-state index < -0.39 is 120 Å². The monoisotopic (exact) mass is 1230 g/mol. The van der Waals surface area contributed by atoms with E-state index in [4.69, 9.17) is 22.9 Å². The summed E-state index contributed by atoms with van der Waals surface area (Å²) in [5.74, 6) is -8.65. The molecule has 9 amide bonds. The van der Waals surface area contributed by atoms with E-state index in [1.807, 2.05) is 18.2 Å². The van der Waals surface area contributed by atoms with Crippen LogP contribution in [0.2, 0.25) is 0 Å². The molecule has 29 nitrogen and oxygen atoms in total. The number of guanidine groups is 1. The van der Waals surface area contributed by atoms with E-state index in [0.29, 0.717) is 35.2 Å². The van der Waals surface area contributed by atoms with Crippen LogP contribution in [0.15, 0.2) is 103 Å². The zero-order valence-corrected chi connectivity index (χ0v) is 49.1. The van der Waals surface area contributed by atoms with Crippen LogP contribution in [-0.4, -0.2) is 185 Å². The maximum Gasteiger partial charge on any atom is 0.328 e.